The molecule has 1 fully saturated rings. The number of nitrogens with zero attached hydrogens (tertiary/aromatic N) is 3. The van der Waals surface area contributed by atoms with Crippen LogP contribution in [-0.2, 0) is 23.0 Å². The number of aromatic nitrogens is 2. The third kappa shape index (κ3) is 5.07. The summed E-state index contributed by atoms with van der Waals surface area (Å²) in [5.74, 6) is 0.0453. The summed E-state index contributed by atoms with van der Waals surface area (Å²) in [5.41, 5.74) is 6.72. The smallest absolute Gasteiger partial charge is 0.337 e. The Bertz CT molecular complexity index is 838. The number of allylic oxidation sites excluding steroid dienone is 1. The lowest BCUT2D eigenvalue weighted by Gasteiger charge is -2.45. The van der Waals surface area contributed by atoms with E-state index in [1.807, 2.05) is 39.3 Å². The Hall–Kier alpha value is -2.58. The number of hydrogen-bond donors (Lipinski definition) is 3. The number of rotatable bonds is 7. The van der Waals surface area contributed by atoms with E-state index in [1.165, 1.54) is 11.1 Å². The van der Waals surface area contributed by atoms with Crippen LogP contribution in [0.2, 0.25) is 0 Å². The van der Waals surface area contributed by atoms with Crippen LogP contribution in [0, 0.1) is 6.92 Å². The van der Waals surface area contributed by atoms with Crippen molar-refractivity contribution in [1.82, 2.24) is 14.6 Å². The van der Waals surface area contributed by atoms with Crippen molar-refractivity contribution in [3.8, 4) is 0 Å². The highest BCUT2D eigenvalue weighted by Gasteiger charge is 2.39. The number of aliphatic carboxylic acids is 1. The molecule has 2 atom stereocenters. The fourth-order valence-electron chi connectivity index (χ4n) is 3.73. The van der Waals surface area contributed by atoms with Gasteiger partial charge in [0.05, 0.1) is 11.3 Å². The molecule has 0 amide bonds. The Morgan fingerprint density at radius 3 is 2.69 bits per heavy atom. The number of imidazole rings is 1. The van der Waals surface area contributed by atoms with Gasteiger partial charge in [0.25, 0.3) is 0 Å². The molecule has 0 bridgehead atoms. The molecule has 1 saturated heterocycles. The second kappa shape index (κ2) is 8.84. The first-order chi connectivity index (χ1) is 13.5. The van der Waals surface area contributed by atoms with E-state index in [1.54, 1.807) is 6.08 Å². The highest BCUT2D eigenvalue weighted by Crippen LogP contribution is 2.33. The van der Waals surface area contributed by atoms with Crippen LogP contribution < -0.4 is 5.73 Å². The van der Waals surface area contributed by atoms with E-state index in [0.717, 1.165) is 17.6 Å². The summed E-state index contributed by atoms with van der Waals surface area (Å²) in [7, 11) is 1.89. The van der Waals surface area contributed by atoms with Crippen LogP contribution in [-0.4, -0.2) is 48.6 Å². The van der Waals surface area contributed by atoms with Gasteiger partial charge < -0.3 is 25.4 Å². The molecule has 0 aromatic carbocycles. The fraction of sp³-hybridized carbons (Fsp3) is 0.524. The van der Waals surface area contributed by atoms with Crippen molar-refractivity contribution in [2.75, 3.05) is 0 Å². The quantitative estimate of drug-likeness (QED) is 0.364. The van der Waals surface area contributed by atoms with Gasteiger partial charge in [-0.1, -0.05) is 12.7 Å². The Balaban J connectivity index is 2.11. The van der Waals surface area contributed by atoms with Gasteiger partial charge in [-0.05, 0) is 33.8 Å². The summed E-state index contributed by atoms with van der Waals surface area (Å²) in [5, 5.41) is 20.6. The van der Waals surface area contributed by atoms with Gasteiger partial charge in [0.15, 0.2) is 11.6 Å². The van der Waals surface area contributed by atoms with Crippen molar-refractivity contribution in [2.45, 2.75) is 64.6 Å². The first-order valence-electron chi connectivity index (χ1n) is 9.66. The maximum atomic E-state index is 11.0. The summed E-state index contributed by atoms with van der Waals surface area (Å²) >= 11 is 0. The maximum Gasteiger partial charge on any atom is 0.337 e. The molecule has 1 aromatic rings. The van der Waals surface area contributed by atoms with Gasteiger partial charge in [0.1, 0.15) is 6.10 Å². The Morgan fingerprint density at radius 2 is 2.14 bits per heavy atom. The summed E-state index contributed by atoms with van der Waals surface area (Å²) in [6, 6.07) is -0.0145. The largest absolute Gasteiger partial charge is 0.487 e. The van der Waals surface area contributed by atoms with E-state index >= 15 is 0 Å². The number of hydroxylamine groups is 2. The maximum absolute atomic E-state index is 11.0. The zero-order chi connectivity index (χ0) is 21.9. The number of nitrogens with two attached hydrogens (primary N) is 1. The van der Waals surface area contributed by atoms with Crippen LogP contribution in [0.15, 0.2) is 30.5 Å². The van der Waals surface area contributed by atoms with Crippen LogP contribution in [0.25, 0.3) is 5.76 Å². The lowest BCUT2D eigenvalue weighted by atomic mass is 9.87. The first-order valence-corrected chi connectivity index (χ1v) is 9.66. The molecule has 8 heteroatoms. The molecule has 0 radical (unpaired) electrons. The van der Waals surface area contributed by atoms with E-state index < -0.39 is 5.97 Å². The molecule has 8 nitrogen and oxygen atoms in total. The normalized spacial score (nSPS) is 22.8. The van der Waals surface area contributed by atoms with Gasteiger partial charge in [-0.25, -0.2) is 9.78 Å². The third-order valence-electron chi connectivity index (χ3n) is 5.44. The number of ether oxygens (including phenoxy) is 1. The number of carboxylic acids is 1. The van der Waals surface area contributed by atoms with Crippen molar-refractivity contribution >= 4 is 11.7 Å². The molecule has 0 saturated carbocycles. The van der Waals surface area contributed by atoms with Gasteiger partial charge in [-0.2, -0.15) is 5.06 Å². The van der Waals surface area contributed by atoms with E-state index in [2.05, 4.69) is 11.6 Å². The summed E-state index contributed by atoms with van der Waals surface area (Å²) in [6.45, 7) is 11.9. The van der Waals surface area contributed by atoms with Crippen molar-refractivity contribution in [3.63, 3.8) is 0 Å². The molecule has 1 aromatic heterocycles. The fourth-order valence-corrected chi connectivity index (χ4v) is 3.73. The zero-order valence-electron chi connectivity index (χ0n) is 17.8. The Morgan fingerprint density at radius 1 is 1.48 bits per heavy atom. The molecular weight excluding hydrogens is 372 g/mol. The molecular formula is C21H32N4O4. The average molecular weight is 405 g/mol. The molecule has 2 heterocycles. The van der Waals surface area contributed by atoms with Crippen LogP contribution in [0.4, 0.5) is 0 Å². The number of carboxylic acid groups (broad SMARTS) is 1. The predicted molar refractivity (Wildman–Crippen MR) is 111 cm³/mol. The minimum Gasteiger partial charge on any atom is -0.487 e. The van der Waals surface area contributed by atoms with Crippen molar-refractivity contribution in [3.05, 3.63) is 47.7 Å². The third-order valence-corrected chi connectivity index (χ3v) is 5.44. The summed E-state index contributed by atoms with van der Waals surface area (Å²) in [6.07, 6.45) is 6.01. The Labute approximate surface area is 171 Å². The zero-order valence-corrected chi connectivity index (χ0v) is 17.8. The molecule has 0 spiro atoms. The average Bonchev–Trinajstić information content (AvgIpc) is 2.91. The van der Waals surface area contributed by atoms with Crippen LogP contribution in [0.5, 0.6) is 0 Å². The van der Waals surface area contributed by atoms with E-state index in [4.69, 9.17) is 15.6 Å². The van der Waals surface area contributed by atoms with Gasteiger partial charge in [-0.15, -0.1) is 0 Å². The highest BCUT2D eigenvalue weighted by molar-refractivity contribution is 5.89. The summed E-state index contributed by atoms with van der Waals surface area (Å²) < 4.78 is 8.05. The van der Waals surface area contributed by atoms with E-state index in [-0.39, 0.29) is 23.3 Å². The monoisotopic (exact) mass is 404 g/mol. The molecule has 0 aliphatic carbocycles. The molecule has 2 rings (SSSR count). The van der Waals surface area contributed by atoms with Crippen LogP contribution in [0.1, 0.15) is 50.8 Å². The van der Waals surface area contributed by atoms with Gasteiger partial charge in [-0.3, -0.25) is 0 Å². The predicted octanol–water partition coefficient (Wildman–Crippen LogP) is 2.76. The minimum atomic E-state index is -1.07. The van der Waals surface area contributed by atoms with Crippen LogP contribution in [0.3, 0.4) is 0 Å². The number of carbonyl (C=O) groups is 1. The first kappa shape index (κ1) is 22.7. The van der Waals surface area contributed by atoms with E-state index in [9.17, 15) is 10.0 Å². The molecule has 2 unspecified atom stereocenters. The lowest BCUT2D eigenvalue weighted by Crippen LogP contribution is -2.54. The van der Waals surface area contributed by atoms with Crippen molar-refractivity contribution in [1.29, 1.82) is 0 Å². The van der Waals surface area contributed by atoms with Crippen molar-refractivity contribution in [2.24, 2.45) is 12.8 Å². The summed E-state index contributed by atoms with van der Waals surface area (Å²) in [4.78, 5) is 15.6. The second-order valence-electron chi connectivity index (χ2n) is 8.17. The minimum absolute atomic E-state index is 0.0145. The van der Waals surface area contributed by atoms with Gasteiger partial charge in [0, 0.05) is 49.8 Å². The Kier molecular flexibility index (Phi) is 6.92. The topological polar surface area (TPSA) is 114 Å². The van der Waals surface area contributed by atoms with E-state index in [0.29, 0.717) is 30.8 Å². The van der Waals surface area contributed by atoms with Crippen LogP contribution >= 0.6 is 0 Å². The molecule has 1 aliphatic rings. The SMILES string of the molecule is C=C(OC1CC(C)N(O)C(C)(C)C1)c1nc(C/C=C\C(=C/N)C(=O)O)c(C)n1C. The molecule has 1 aliphatic heterocycles. The molecule has 160 valence electrons. The van der Waals surface area contributed by atoms with Gasteiger partial charge in [0.2, 0.25) is 0 Å². The lowest BCUT2D eigenvalue weighted by molar-refractivity contribution is -0.221. The molecule has 29 heavy (non-hydrogen) atoms. The second-order valence-corrected chi connectivity index (χ2v) is 8.17. The molecule has 4 N–H and O–H groups in total. The standard InChI is InChI=1S/C21H32N4O4/c1-13-10-17(11-21(4,5)25(13)28)29-15(3)19-23-18(14(2)24(19)6)9-7-8-16(12-22)20(26)27/h7-8,12-13,17,28H,3,9-11,22H2,1-2,4-6H3,(H,26,27)/b8-7-,16-12+. The van der Waals surface area contributed by atoms with Crippen molar-refractivity contribution < 1.29 is 19.8 Å². The number of hydrogen-bond acceptors (Lipinski definition) is 6. The highest BCUT2D eigenvalue weighted by atomic mass is 16.5. The van der Waals surface area contributed by atoms with Gasteiger partial charge >= 0.3 is 5.97 Å². The number of piperidine rings is 1.